The van der Waals surface area contributed by atoms with Gasteiger partial charge in [0.1, 0.15) is 5.75 Å². The van der Waals surface area contributed by atoms with Crippen LogP contribution in [0.25, 0.3) is 0 Å². The van der Waals surface area contributed by atoms with E-state index in [0.29, 0.717) is 18.1 Å². The Hall–Kier alpha value is -2.11. The Bertz CT molecular complexity index is 647. The fourth-order valence-corrected chi connectivity index (χ4v) is 2.22. The second-order valence-corrected chi connectivity index (χ2v) is 4.86. The van der Waals surface area contributed by atoms with E-state index in [1.165, 1.54) is 12.1 Å². The zero-order valence-electron chi connectivity index (χ0n) is 11.5. The minimum Gasteiger partial charge on any atom is -0.496 e. The first-order valence-electron chi connectivity index (χ1n) is 6.37. The van der Waals surface area contributed by atoms with Gasteiger partial charge < -0.3 is 10.1 Å². The van der Waals surface area contributed by atoms with Gasteiger partial charge in [0.2, 0.25) is 0 Å². The number of halogens is 1. The number of para-hydroxylation sites is 1. The van der Waals surface area contributed by atoms with Crippen molar-refractivity contribution in [2.24, 2.45) is 0 Å². The molecule has 0 unspecified atom stereocenters. The summed E-state index contributed by atoms with van der Waals surface area (Å²) in [5.41, 5.74) is 1.85. The van der Waals surface area contributed by atoms with E-state index in [0.717, 1.165) is 16.9 Å². The first kappa shape index (κ1) is 15.3. The standard InChI is InChI=1S/C15H15ClN2O3/c1-21-15-5-3-2-4-12(15)10-17-9-11-6-7-13(18(19)20)8-14(11)16/h2-8,17H,9-10H2,1H3. The van der Waals surface area contributed by atoms with Crippen LogP contribution in [-0.4, -0.2) is 12.0 Å². The number of nitrogens with one attached hydrogen (secondary N) is 1. The van der Waals surface area contributed by atoms with E-state index >= 15 is 0 Å². The number of nitro benzene ring substituents is 1. The lowest BCUT2D eigenvalue weighted by Gasteiger charge is -2.10. The summed E-state index contributed by atoms with van der Waals surface area (Å²) < 4.78 is 5.27. The fourth-order valence-electron chi connectivity index (χ4n) is 1.97. The molecular weight excluding hydrogens is 292 g/mol. The van der Waals surface area contributed by atoms with E-state index in [2.05, 4.69) is 5.32 Å². The summed E-state index contributed by atoms with van der Waals surface area (Å²) in [6.45, 7) is 1.15. The number of benzene rings is 2. The maximum absolute atomic E-state index is 10.7. The number of hydrogen-bond donors (Lipinski definition) is 1. The number of rotatable bonds is 6. The molecule has 2 rings (SSSR count). The van der Waals surface area contributed by atoms with Crippen LogP contribution < -0.4 is 10.1 Å². The van der Waals surface area contributed by atoms with Crippen molar-refractivity contribution < 1.29 is 9.66 Å². The molecule has 0 saturated carbocycles. The van der Waals surface area contributed by atoms with Crippen LogP contribution in [0.3, 0.4) is 0 Å². The molecule has 0 atom stereocenters. The number of methoxy groups -OCH3 is 1. The van der Waals surface area contributed by atoms with Gasteiger partial charge in [-0.15, -0.1) is 0 Å². The highest BCUT2D eigenvalue weighted by molar-refractivity contribution is 6.31. The Labute approximate surface area is 127 Å². The predicted molar refractivity (Wildman–Crippen MR) is 81.6 cm³/mol. The highest BCUT2D eigenvalue weighted by Crippen LogP contribution is 2.23. The van der Waals surface area contributed by atoms with Crippen molar-refractivity contribution in [1.82, 2.24) is 5.32 Å². The van der Waals surface area contributed by atoms with Gasteiger partial charge in [-0.05, 0) is 17.7 Å². The lowest BCUT2D eigenvalue weighted by Crippen LogP contribution is -2.13. The molecule has 0 aromatic heterocycles. The van der Waals surface area contributed by atoms with Crippen molar-refractivity contribution >= 4 is 17.3 Å². The smallest absolute Gasteiger partial charge is 0.270 e. The molecule has 0 heterocycles. The monoisotopic (exact) mass is 306 g/mol. The van der Waals surface area contributed by atoms with Gasteiger partial charge >= 0.3 is 0 Å². The van der Waals surface area contributed by atoms with Crippen LogP contribution in [0.4, 0.5) is 5.69 Å². The van der Waals surface area contributed by atoms with E-state index in [4.69, 9.17) is 16.3 Å². The van der Waals surface area contributed by atoms with Gasteiger partial charge in [0.15, 0.2) is 0 Å². The molecule has 5 nitrogen and oxygen atoms in total. The highest BCUT2D eigenvalue weighted by Gasteiger charge is 2.09. The average molecular weight is 307 g/mol. The van der Waals surface area contributed by atoms with Gasteiger partial charge in [0, 0.05) is 30.8 Å². The molecular formula is C15H15ClN2O3. The van der Waals surface area contributed by atoms with Crippen LogP contribution in [0, 0.1) is 10.1 Å². The lowest BCUT2D eigenvalue weighted by molar-refractivity contribution is -0.384. The molecule has 0 radical (unpaired) electrons. The van der Waals surface area contributed by atoms with Crippen molar-refractivity contribution in [2.45, 2.75) is 13.1 Å². The second kappa shape index (κ2) is 7.06. The zero-order chi connectivity index (χ0) is 15.2. The average Bonchev–Trinajstić information content (AvgIpc) is 2.49. The third-order valence-electron chi connectivity index (χ3n) is 3.07. The van der Waals surface area contributed by atoms with E-state index < -0.39 is 4.92 Å². The number of ether oxygens (including phenoxy) is 1. The quantitative estimate of drug-likeness (QED) is 0.655. The van der Waals surface area contributed by atoms with Crippen LogP contribution in [0.15, 0.2) is 42.5 Å². The van der Waals surface area contributed by atoms with Crippen molar-refractivity contribution in [2.75, 3.05) is 7.11 Å². The van der Waals surface area contributed by atoms with E-state index in [9.17, 15) is 10.1 Å². The summed E-state index contributed by atoms with van der Waals surface area (Å²) >= 11 is 6.04. The van der Waals surface area contributed by atoms with Crippen molar-refractivity contribution in [3.05, 3.63) is 68.7 Å². The highest BCUT2D eigenvalue weighted by atomic mass is 35.5. The molecule has 1 N–H and O–H groups in total. The summed E-state index contributed by atoms with van der Waals surface area (Å²) in [5.74, 6) is 0.819. The molecule has 21 heavy (non-hydrogen) atoms. The van der Waals surface area contributed by atoms with Crippen LogP contribution in [-0.2, 0) is 13.1 Å². The minimum absolute atomic E-state index is 0.00604. The van der Waals surface area contributed by atoms with E-state index in [1.807, 2.05) is 24.3 Å². The van der Waals surface area contributed by atoms with Crippen LogP contribution in [0.1, 0.15) is 11.1 Å². The van der Waals surface area contributed by atoms with E-state index in [-0.39, 0.29) is 5.69 Å². The molecule has 0 aliphatic heterocycles. The van der Waals surface area contributed by atoms with Crippen molar-refractivity contribution in [3.8, 4) is 5.75 Å². The van der Waals surface area contributed by atoms with E-state index in [1.54, 1.807) is 13.2 Å². The minimum atomic E-state index is -0.460. The number of non-ortho nitro benzene ring substituents is 1. The van der Waals surface area contributed by atoms with Gasteiger partial charge in [-0.1, -0.05) is 29.8 Å². The van der Waals surface area contributed by atoms with Crippen molar-refractivity contribution in [1.29, 1.82) is 0 Å². The normalized spacial score (nSPS) is 10.4. The van der Waals surface area contributed by atoms with Gasteiger partial charge in [-0.2, -0.15) is 0 Å². The summed E-state index contributed by atoms with van der Waals surface area (Å²) in [7, 11) is 1.63. The summed E-state index contributed by atoms with van der Waals surface area (Å²) in [6.07, 6.45) is 0. The van der Waals surface area contributed by atoms with Crippen molar-refractivity contribution in [3.63, 3.8) is 0 Å². The summed E-state index contributed by atoms with van der Waals surface area (Å²) in [6, 6.07) is 12.2. The predicted octanol–water partition coefficient (Wildman–Crippen LogP) is 3.55. The third-order valence-corrected chi connectivity index (χ3v) is 3.42. The number of nitrogens with zero attached hydrogens (tertiary/aromatic N) is 1. The maximum Gasteiger partial charge on any atom is 0.270 e. The largest absolute Gasteiger partial charge is 0.496 e. The Kier molecular flexibility index (Phi) is 5.14. The van der Waals surface area contributed by atoms with Crippen LogP contribution in [0.5, 0.6) is 5.75 Å². The first-order chi connectivity index (χ1) is 10.1. The van der Waals surface area contributed by atoms with Crippen LogP contribution in [0.2, 0.25) is 5.02 Å². The third kappa shape index (κ3) is 3.93. The Morgan fingerprint density at radius 2 is 1.90 bits per heavy atom. The molecule has 0 amide bonds. The molecule has 6 heteroatoms. The van der Waals surface area contributed by atoms with Gasteiger partial charge in [0.05, 0.1) is 17.1 Å². The molecule has 0 saturated heterocycles. The molecule has 0 aliphatic carbocycles. The topological polar surface area (TPSA) is 64.4 Å². The Morgan fingerprint density at radius 3 is 2.57 bits per heavy atom. The zero-order valence-corrected chi connectivity index (χ0v) is 12.3. The van der Waals surface area contributed by atoms with Crippen LogP contribution >= 0.6 is 11.6 Å². The SMILES string of the molecule is COc1ccccc1CNCc1ccc([N+](=O)[O-])cc1Cl. The summed E-state index contributed by atoms with van der Waals surface area (Å²) in [4.78, 5) is 10.2. The Balaban J connectivity index is 1.99. The molecule has 0 spiro atoms. The van der Waals surface area contributed by atoms with Gasteiger partial charge in [-0.25, -0.2) is 0 Å². The molecule has 110 valence electrons. The maximum atomic E-state index is 10.7. The number of hydrogen-bond acceptors (Lipinski definition) is 4. The van der Waals surface area contributed by atoms with Gasteiger partial charge in [0.25, 0.3) is 5.69 Å². The fraction of sp³-hybridized carbons (Fsp3) is 0.200. The second-order valence-electron chi connectivity index (χ2n) is 4.45. The molecule has 0 aliphatic rings. The molecule has 2 aromatic rings. The molecule has 0 fully saturated rings. The lowest BCUT2D eigenvalue weighted by atomic mass is 10.1. The summed E-state index contributed by atoms with van der Waals surface area (Å²) in [5, 5.41) is 14.3. The Morgan fingerprint density at radius 1 is 1.19 bits per heavy atom. The molecule has 2 aromatic carbocycles. The number of nitro groups is 1. The first-order valence-corrected chi connectivity index (χ1v) is 6.75. The van der Waals surface area contributed by atoms with Gasteiger partial charge in [-0.3, -0.25) is 10.1 Å². The molecule has 0 bridgehead atoms.